The fourth-order valence-electron chi connectivity index (χ4n) is 4.90. The molecule has 0 saturated carbocycles. The summed E-state index contributed by atoms with van der Waals surface area (Å²) in [6.07, 6.45) is 2.66. The van der Waals surface area contributed by atoms with Gasteiger partial charge in [-0.2, -0.15) is 9.90 Å². The maximum atomic E-state index is 13.3. The second kappa shape index (κ2) is 8.79. The van der Waals surface area contributed by atoms with Crippen molar-refractivity contribution in [3.05, 3.63) is 63.6 Å². The lowest BCUT2D eigenvalue weighted by molar-refractivity contribution is 0.0568. The van der Waals surface area contributed by atoms with Crippen molar-refractivity contribution in [2.45, 2.75) is 33.1 Å². The van der Waals surface area contributed by atoms with Crippen LogP contribution in [-0.2, 0) is 0 Å². The molecule has 2 saturated heterocycles. The molecule has 5 rings (SSSR count). The SMILES string of the molecule is CC(=O)c1ccc(C(=O)N2CCC3(CC2)CCN(C(=O)c2nn(-c4ccccc4)nc2C)C3)s1. The number of thiophene rings is 1. The number of aromatic nitrogens is 3. The van der Waals surface area contributed by atoms with Crippen molar-refractivity contribution in [1.29, 1.82) is 0 Å². The lowest BCUT2D eigenvalue weighted by Gasteiger charge is -2.39. The molecule has 2 aliphatic rings. The summed E-state index contributed by atoms with van der Waals surface area (Å²) in [4.78, 5) is 44.2. The fourth-order valence-corrected chi connectivity index (χ4v) is 5.77. The van der Waals surface area contributed by atoms with Crippen LogP contribution >= 0.6 is 11.3 Å². The van der Waals surface area contributed by atoms with Crippen molar-refractivity contribution in [1.82, 2.24) is 24.8 Å². The largest absolute Gasteiger partial charge is 0.338 e. The molecule has 4 heterocycles. The second-order valence-electron chi connectivity index (χ2n) is 9.25. The summed E-state index contributed by atoms with van der Waals surface area (Å²) in [7, 11) is 0. The maximum Gasteiger partial charge on any atom is 0.276 e. The average Bonchev–Trinajstić information content (AvgIpc) is 3.58. The summed E-state index contributed by atoms with van der Waals surface area (Å²) in [5, 5.41) is 8.92. The van der Waals surface area contributed by atoms with Gasteiger partial charge in [0.2, 0.25) is 0 Å². The van der Waals surface area contributed by atoms with Crippen LogP contribution in [0.1, 0.15) is 61.7 Å². The predicted molar refractivity (Wildman–Crippen MR) is 129 cm³/mol. The molecule has 9 heteroatoms. The monoisotopic (exact) mass is 477 g/mol. The maximum absolute atomic E-state index is 13.3. The van der Waals surface area contributed by atoms with Gasteiger partial charge in [-0.1, -0.05) is 18.2 Å². The molecular weight excluding hydrogens is 450 g/mol. The number of hydrogen-bond donors (Lipinski definition) is 0. The highest BCUT2D eigenvalue weighted by atomic mass is 32.1. The Morgan fingerprint density at radius 2 is 1.50 bits per heavy atom. The van der Waals surface area contributed by atoms with Gasteiger partial charge in [-0.15, -0.1) is 16.4 Å². The number of rotatable bonds is 4. The zero-order valence-corrected chi connectivity index (χ0v) is 20.2. The minimum Gasteiger partial charge on any atom is -0.338 e. The average molecular weight is 478 g/mol. The Labute approximate surface area is 202 Å². The Balaban J connectivity index is 1.22. The summed E-state index contributed by atoms with van der Waals surface area (Å²) < 4.78 is 0. The van der Waals surface area contributed by atoms with Crippen molar-refractivity contribution in [2.24, 2.45) is 5.41 Å². The van der Waals surface area contributed by atoms with Crippen LogP contribution in [0.5, 0.6) is 0 Å². The van der Waals surface area contributed by atoms with Crippen LogP contribution < -0.4 is 0 Å². The van der Waals surface area contributed by atoms with E-state index in [1.54, 1.807) is 12.1 Å². The second-order valence-corrected chi connectivity index (χ2v) is 10.3. The van der Waals surface area contributed by atoms with E-state index in [9.17, 15) is 14.4 Å². The van der Waals surface area contributed by atoms with Gasteiger partial charge >= 0.3 is 0 Å². The van der Waals surface area contributed by atoms with E-state index in [2.05, 4.69) is 10.2 Å². The third kappa shape index (κ3) is 4.16. The standard InChI is InChI=1S/C25H27N5O3S/c1-17-22(27-30(26-17)19-6-4-3-5-7-19)24(33)29-15-12-25(16-29)10-13-28(14-11-25)23(32)21-9-8-20(34-21)18(2)31/h3-9H,10-16H2,1-2H3. The highest BCUT2D eigenvalue weighted by Crippen LogP contribution is 2.41. The number of ketones is 1. The van der Waals surface area contributed by atoms with Gasteiger partial charge in [0.1, 0.15) is 0 Å². The molecule has 2 aliphatic heterocycles. The van der Waals surface area contributed by atoms with E-state index >= 15 is 0 Å². The van der Waals surface area contributed by atoms with Crippen molar-refractivity contribution < 1.29 is 14.4 Å². The molecule has 3 aromatic rings. The summed E-state index contributed by atoms with van der Waals surface area (Å²) in [5.74, 6) is -0.103. The molecule has 176 valence electrons. The molecule has 0 aliphatic carbocycles. The number of likely N-dealkylation sites (tertiary alicyclic amines) is 2. The lowest BCUT2D eigenvalue weighted by Crippen LogP contribution is -2.44. The molecular formula is C25H27N5O3S. The number of aryl methyl sites for hydroxylation is 1. The predicted octanol–water partition coefficient (Wildman–Crippen LogP) is 3.61. The van der Waals surface area contributed by atoms with Crippen LogP contribution in [0, 0.1) is 12.3 Å². The van der Waals surface area contributed by atoms with Crippen LogP contribution in [-0.4, -0.2) is 68.6 Å². The van der Waals surface area contributed by atoms with E-state index in [0.29, 0.717) is 47.3 Å². The third-order valence-electron chi connectivity index (χ3n) is 6.97. The number of nitrogens with zero attached hydrogens (tertiary/aromatic N) is 5. The first-order valence-electron chi connectivity index (χ1n) is 11.5. The lowest BCUT2D eigenvalue weighted by atomic mass is 9.77. The van der Waals surface area contributed by atoms with Crippen molar-refractivity contribution >= 4 is 28.9 Å². The Morgan fingerprint density at radius 1 is 0.853 bits per heavy atom. The normalized spacial score (nSPS) is 17.4. The van der Waals surface area contributed by atoms with Gasteiger partial charge in [0.05, 0.1) is 21.1 Å². The topological polar surface area (TPSA) is 88.4 Å². The Bertz CT molecular complexity index is 1240. The number of amides is 2. The van der Waals surface area contributed by atoms with Crippen molar-refractivity contribution in [2.75, 3.05) is 26.2 Å². The van der Waals surface area contributed by atoms with E-state index < -0.39 is 0 Å². The number of carbonyl (C=O) groups is 3. The molecule has 0 bridgehead atoms. The molecule has 0 atom stereocenters. The number of benzene rings is 1. The summed E-state index contributed by atoms with van der Waals surface area (Å²) in [5.41, 5.74) is 1.87. The highest BCUT2D eigenvalue weighted by molar-refractivity contribution is 7.15. The van der Waals surface area contributed by atoms with Gasteiger partial charge in [0.25, 0.3) is 11.8 Å². The molecule has 0 N–H and O–H groups in total. The van der Waals surface area contributed by atoms with E-state index in [0.717, 1.165) is 24.9 Å². The van der Waals surface area contributed by atoms with Gasteiger partial charge in [-0.25, -0.2) is 0 Å². The van der Waals surface area contributed by atoms with Crippen LogP contribution in [0.15, 0.2) is 42.5 Å². The minimum atomic E-state index is -0.0783. The molecule has 2 aromatic heterocycles. The minimum absolute atomic E-state index is 0.00793. The Kier molecular flexibility index (Phi) is 5.81. The molecule has 8 nitrogen and oxygen atoms in total. The van der Waals surface area contributed by atoms with Gasteiger partial charge in [-0.3, -0.25) is 14.4 Å². The van der Waals surface area contributed by atoms with Gasteiger partial charge in [0.15, 0.2) is 11.5 Å². The molecule has 1 spiro atoms. The van der Waals surface area contributed by atoms with Gasteiger partial charge in [-0.05, 0) is 62.8 Å². The van der Waals surface area contributed by atoms with E-state index in [-0.39, 0.29) is 23.0 Å². The van der Waals surface area contributed by atoms with Crippen LogP contribution in [0.3, 0.4) is 0 Å². The van der Waals surface area contributed by atoms with Crippen molar-refractivity contribution in [3.8, 4) is 5.69 Å². The van der Waals surface area contributed by atoms with Gasteiger partial charge < -0.3 is 9.80 Å². The summed E-state index contributed by atoms with van der Waals surface area (Å²) in [6.45, 7) is 6.03. The number of piperidine rings is 1. The first-order chi connectivity index (χ1) is 16.3. The van der Waals surface area contributed by atoms with Gasteiger partial charge in [0, 0.05) is 26.2 Å². The molecule has 2 fully saturated rings. The smallest absolute Gasteiger partial charge is 0.276 e. The Hall–Kier alpha value is -3.33. The van der Waals surface area contributed by atoms with E-state index in [4.69, 9.17) is 0 Å². The van der Waals surface area contributed by atoms with Crippen LogP contribution in [0.2, 0.25) is 0 Å². The summed E-state index contributed by atoms with van der Waals surface area (Å²) >= 11 is 1.26. The number of para-hydroxylation sites is 1. The van der Waals surface area contributed by atoms with E-state index in [1.807, 2.05) is 47.1 Å². The number of carbonyl (C=O) groups excluding carboxylic acids is 3. The summed E-state index contributed by atoms with van der Waals surface area (Å²) in [6, 6.07) is 13.0. The fraction of sp³-hybridized carbons (Fsp3) is 0.400. The third-order valence-corrected chi connectivity index (χ3v) is 8.15. The molecule has 34 heavy (non-hydrogen) atoms. The molecule has 1 aromatic carbocycles. The number of Topliss-reactive ketones (excluding diaryl/α,β-unsaturated/α-hetero) is 1. The molecule has 2 amide bonds. The zero-order valence-electron chi connectivity index (χ0n) is 19.4. The van der Waals surface area contributed by atoms with Crippen LogP contribution in [0.4, 0.5) is 0 Å². The Morgan fingerprint density at radius 3 is 2.15 bits per heavy atom. The zero-order chi connectivity index (χ0) is 23.9. The van der Waals surface area contributed by atoms with Crippen molar-refractivity contribution in [3.63, 3.8) is 0 Å². The molecule has 0 radical (unpaired) electrons. The number of hydrogen-bond acceptors (Lipinski definition) is 6. The first kappa shape index (κ1) is 22.5. The first-order valence-corrected chi connectivity index (χ1v) is 12.4. The van der Waals surface area contributed by atoms with E-state index in [1.165, 1.54) is 23.1 Å². The van der Waals surface area contributed by atoms with Crippen LogP contribution in [0.25, 0.3) is 5.69 Å². The molecule has 0 unspecified atom stereocenters. The quantitative estimate of drug-likeness (QED) is 0.536. The highest BCUT2D eigenvalue weighted by Gasteiger charge is 2.43.